The van der Waals surface area contributed by atoms with Crippen molar-refractivity contribution in [2.75, 3.05) is 19.8 Å². The molecule has 2 rings (SSSR count). The molecule has 1 amide bonds. The number of carbonyl (C=O) groups excluding carboxylic acids is 1. The molecule has 2 N–H and O–H groups in total. The number of carboxylic acids is 1. The quantitative estimate of drug-likeness (QED) is 0.776. The molecule has 1 aromatic heterocycles. The lowest BCUT2D eigenvalue weighted by Crippen LogP contribution is -2.28. The normalized spacial score (nSPS) is 10.8. The van der Waals surface area contributed by atoms with E-state index in [1.54, 1.807) is 6.07 Å². The van der Waals surface area contributed by atoms with Crippen molar-refractivity contribution in [2.45, 2.75) is 6.92 Å². The van der Waals surface area contributed by atoms with Crippen LogP contribution in [0.5, 0.6) is 0 Å². The van der Waals surface area contributed by atoms with Crippen molar-refractivity contribution in [2.24, 2.45) is 0 Å². The van der Waals surface area contributed by atoms with Crippen LogP contribution in [0.4, 0.5) is 0 Å². The summed E-state index contributed by atoms with van der Waals surface area (Å²) in [6.45, 7) is 1.77. The lowest BCUT2D eigenvalue weighted by atomic mass is 10.1. The van der Waals surface area contributed by atoms with Gasteiger partial charge in [-0.25, -0.2) is 4.79 Å². The van der Waals surface area contributed by atoms with Crippen LogP contribution in [0.15, 0.2) is 27.1 Å². The summed E-state index contributed by atoms with van der Waals surface area (Å²) in [4.78, 5) is 22.3. The minimum atomic E-state index is -1.04. The lowest BCUT2D eigenvalue weighted by Gasteiger charge is -2.03. The summed E-state index contributed by atoms with van der Waals surface area (Å²) in [6, 6.07) is 5.52. The molecule has 1 aromatic carbocycles. The van der Waals surface area contributed by atoms with Crippen molar-refractivity contribution >= 4 is 38.8 Å². The van der Waals surface area contributed by atoms with Gasteiger partial charge in [-0.15, -0.1) is 0 Å². The molecule has 0 aliphatic carbocycles. The van der Waals surface area contributed by atoms with Crippen molar-refractivity contribution in [3.63, 3.8) is 0 Å². The average molecular weight is 356 g/mol. The molecule has 21 heavy (non-hydrogen) atoms. The van der Waals surface area contributed by atoms with Crippen LogP contribution in [0.2, 0.25) is 0 Å². The van der Waals surface area contributed by atoms with Gasteiger partial charge in [0.25, 0.3) is 5.91 Å². The monoisotopic (exact) mass is 355 g/mol. The van der Waals surface area contributed by atoms with E-state index < -0.39 is 5.97 Å². The first-order valence-electron chi connectivity index (χ1n) is 6.25. The molecule has 2 aromatic rings. The zero-order chi connectivity index (χ0) is 15.4. The van der Waals surface area contributed by atoms with Crippen molar-refractivity contribution in [1.82, 2.24) is 5.32 Å². The van der Waals surface area contributed by atoms with E-state index in [2.05, 4.69) is 21.2 Å². The van der Waals surface area contributed by atoms with Crippen molar-refractivity contribution in [1.29, 1.82) is 0 Å². The van der Waals surface area contributed by atoms with E-state index in [1.807, 2.05) is 19.1 Å². The number of hydrogen-bond donors (Lipinski definition) is 2. The molecule has 0 saturated carbocycles. The van der Waals surface area contributed by atoms with Gasteiger partial charge < -0.3 is 19.6 Å². The zero-order valence-corrected chi connectivity index (χ0v) is 12.9. The second-order valence-electron chi connectivity index (χ2n) is 4.40. The number of ether oxygens (including phenoxy) is 1. The van der Waals surface area contributed by atoms with Crippen LogP contribution in [0, 0.1) is 6.92 Å². The predicted molar refractivity (Wildman–Crippen MR) is 79.4 cm³/mol. The van der Waals surface area contributed by atoms with E-state index in [-0.39, 0.29) is 31.4 Å². The van der Waals surface area contributed by atoms with Crippen LogP contribution < -0.4 is 5.32 Å². The molecule has 0 bridgehead atoms. The number of benzene rings is 1. The molecule has 0 aliphatic rings. The molecule has 0 spiro atoms. The Morgan fingerprint density at radius 2 is 2.19 bits per heavy atom. The van der Waals surface area contributed by atoms with Gasteiger partial charge in [-0.3, -0.25) is 4.79 Å². The fraction of sp³-hybridized carbons (Fsp3) is 0.286. The van der Waals surface area contributed by atoms with Gasteiger partial charge in [0.2, 0.25) is 0 Å². The van der Waals surface area contributed by atoms with Crippen LogP contribution in [0.1, 0.15) is 16.1 Å². The molecular weight excluding hydrogens is 342 g/mol. The van der Waals surface area contributed by atoms with Gasteiger partial charge in [-0.1, -0.05) is 15.9 Å². The third kappa shape index (κ3) is 3.83. The van der Waals surface area contributed by atoms with Crippen LogP contribution in [-0.2, 0) is 9.53 Å². The number of nitrogens with one attached hydrogen (secondary N) is 1. The Morgan fingerprint density at radius 1 is 1.43 bits per heavy atom. The molecule has 0 fully saturated rings. The fourth-order valence-electron chi connectivity index (χ4n) is 1.89. The minimum absolute atomic E-state index is 0.128. The molecule has 7 heteroatoms. The Hall–Kier alpha value is -1.86. The summed E-state index contributed by atoms with van der Waals surface area (Å²) in [5, 5.41) is 11.9. The molecule has 1 heterocycles. The zero-order valence-electron chi connectivity index (χ0n) is 11.3. The van der Waals surface area contributed by atoms with Gasteiger partial charge >= 0.3 is 5.97 Å². The maximum Gasteiger partial charge on any atom is 0.329 e. The first-order chi connectivity index (χ1) is 9.99. The van der Waals surface area contributed by atoms with Crippen LogP contribution in [0.25, 0.3) is 11.0 Å². The molecule has 0 radical (unpaired) electrons. The van der Waals surface area contributed by atoms with Gasteiger partial charge in [0.05, 0.1) is 6.61 Å². The van der Waals surface area contributed by atoms with Gasteiger partial charge in [-0.05, 0) is 25.1 Å². The number of amides is 1. The summed E-state index contributed by atoms with van der Waals surface area (Å²) in [6.07, 6.45) is 0. The summed E-state index contributed by atoms with van der Waals surface area (Å²) >= 11 is 3.38. The summed E-state index contributed by atoms with van der Waals surface area (Å²) in [5.41, 5.74) is 1.40. The Labute approximate surface area is 129 Å². The summed E-state index contributed by atoms with van der Waals surface area (Å²) in [7, 11) is 0. The number of hydrogen-bond acceptors (Lipinski definition) is 4. The highest BCUT2D eigenvalue weighted by atomic mass is 79.9. The third-order valence-corrected chi connectivity index (χ3v) is 3.36. The predicted octanol–water partition coefficient (Wildman–Crippen LogP) is 2.33. The Bertz CT molecular complexity index is 679. The Kier molecular flexibility index (Phi) is 4.98. The first kappa shape index (κ1) is 15.5. The Balaban J connectivity index is 1.99. The number of fused-ring (bicyclic) bond motifs is 1. The first-order valence-corrected chi connectivity index (χ1v) is 7.04. The van der Waals surface area contributed by atoms with E-state index in [1.165, 1.54) is 0 Å². The fourth-order valence-corrected chi connectivity index (χ4v) is 2.25. The minimum Gasteiger partial charge on any atom is -0.480 e. The van der Waals surface area contributed by atoms with Crippen molar-refractivity contribution < 1.29 is 23.8 Å². The van der Waals surface area contributed by atoms with Crippen molar-refractivity contribution in [3.8, 4) is 0 Å². The van der Waals surface area contributed by atoms with Gasteiger partial charge in [-0.2, -0.15) is 0 Å². The van der Waals surface area contributed by atoms with Gasteiger partial charge in [0.1, 0.15) is 12.2 Å². The highest BCUT2D eigenvalue weighted by molar-refractivity contribution is 9.10. The number of aliphatic carboxylic acids is 1. The standard InChI is InChI=1S/C14H14BrNO5/c1-8-10-6-9(15)2-3-11(10)21-13(8)14(19)16-4-5-20-7-12(17)18/h2-3,6H,4-5,7H2,1H3,(H,16,19)(H,17,18). The van der Waals surface area contributed by atoms with Gasteiger partial charge in [0, 0.05) is 22.0 Å². The highest BCUT2D eigenvalue weighted by Crippen LogP contribution is 2.27. The number of rotatable bonds is 6. The number of aryl methyl sites for hydroxylation is 1. The molecular formula is C14H14BrNO5. The van der Waals surface area contributed by atoms with E-state index in [9.17, 15) is 9.59 Å². The van der Waals surface area contributed by atoms with E-state index in [0.717, 1.165) is 15.4 Å². The smallest absolute Gasteiger partial charge is 0.329 e. The summed E-state index contributed by atoms with van der Waals surface area (Å²) < 4.78 is 11.3. The van der Waals surface area contributed by atoms with Gasteiger partial charge in [0.15, 0.2) is 5.76 Å². The maximum absolute atomic E-state index is 12.0. The SMILES string of the molecule is Cc1c(C(=O)NCCOCC(=O)O)oc2ccc(Br)cc12. The van der Waals surface area contributed by atoms with Crippen LogP contribution in [-0.4, -0.2) is 36.7 Å². The Morgan fingerprint density at radius 3 is 2.90 bits per heavy atom. The molecule has 0 saturated heterocycles. The third-order valence-electron chi connectivity index (χ3n) is 2.86. The number of furan rings is 1. The topological polar surface area (TPSA) is 88.8 Å². The second-order valence-corrected chi connectivity index (χ2v) is 5.31. The molecule has 112 valence electrons. The maximum atomic E-state index is 12.0. The molecule has 6 nitrogen and oxygen atoms in total. The van der Waals surface area contributed by atoms with Crippen molar-refractivity contribution in [3.05, 3.63) is 34.0 Å². The average Bonchev–Trinajstić information content (AvgIpc) is 2.75. The number of carboxylic acid groups (broad SMARTS) is 1. The van der Waals surface area contributed by atoms with E-state index in [0.29, 0.717) is 5.58 Å². The highest BCUT2D eigenvalue weighted by Gasteiger charge is 2.17. The largest absolute Gasteiger partial charge is 0.480 e. The molecule has 0 atom stereocenters. The summed E-state index contributed by atoms with van der Waals surface area (Å²) in [5.74, 6) is -1.14. The molecule has 0 aliphatic heterocycles. The van der Waals surface area contributed by atoms with Crippen LogP contribution >= 0.6 is 15.9 Å². The van der Waals surface area contributed by atoms with E-state index in [4.69, 9.17) is 14.3 Å². The number of halogens is 1. The molecule has 0 unspecified atom stereocenters. The second kappa shape index (κ2) is 6.73. The van der Waals surface area contributed by atoms with E-state index >= 15 is 0 Å². The number of carbonyl (C=O) groups is 2. The van der Waals surface area contributed by atoms with Crippen LogP contribution in [0.3, 0.4) is 0 Å². The lowest BCUT2D eigenvalue weighted by molar-refractivity contribution is -0.142.